The molecule has 2 aromatic rings. The zero-order valence-corrected chi connectivity index (χ0v) is 14.8. The zero-order chi connectivity index (χ0) is 17.7. The van der Waals surface area contributed by atoms with Crippen molar-refractivity contribution in [1.82, 2.24) is 13.9 Å². The molecule has 25 heavy (non-hydrogen) atoms. The first kappa shape index (κ1) is 17.6. The van der Waals surface area contributed by atoms with Gasteiger partial charge < -0.3 is 9.88 Å². The molecule has 8 heteroatoms. The highest BCUT2D eigenvalue weighted by Crippen LogP contribution is 2.21. The van der Waals surface area contributed by atoms with Crippen LogP contribution >= 0.6 is 0 Å². The molecule has 134 valence electrons. The van der Waals surface area contributed by atoms with E-state index >= 15 is 0 Å². The molecule has 2 heterocycles. The van der Waals surface area contributed by atoms with Crippen LogP contribution in [-0.4, -0.2) is 41.3 Å². The molecule has 1 aromatic heterocycles. The van der Waals surface area contributed by atoms with Crippen LogP contribution in [0.2, 0.25) is 0 Å². The molecular weight excluding hydrogens is 340 g/mol. The Morgan fingerprint density at radius 2 is 1.76 bits per heavy atom. The maximum Gasteiger partial charge on any atom is 0.244 e. The quantitative estimate of drug-likeness (QED) is 0.883. The lowest BCUT2D eigenvalue weighted by atomic mass is 10.2. The van der Waals surface area contributed by atoms with Crippen LogP contribution in [0.4, 0.5) is 5.69 Å². The van der Waals surface area contributed by atoms with Gasteiger partial charge in [-0.2, -0.15) is 4.31 Å². The lowest BCUT2D eigenvalue weighted by Gasteiger charge is -2.20. The number of benzene rings is 1. The average Bonchev–Trinajstić information content (AvgIpc) is 2.94. The molecule has 0 atom stereocenters. The summed E-state index contributed by atoms with van der Waals surface area (Å²) in [4.78, 5) is 16.1. The second kappa shape index (κ2) is 7.79. The molecule has 0 spiro atoms. The van der Waals surface area contributed by atoms with E-state index in [-0.39, 0.29) is 17.3 Å². The Balaban J connectivity index is 1.65. The van der Waals surface area contributed by atoms with E-state index in [2.05, 4.69) is 10.3 Å². The number of carbonyl (C=O) groups is 1. The number of sulfonamides is 1. The molecule has 0 radical (unpaired) electrons. The molecule has 1 aliphatic rings. The highest BCUT2D eigenvalue weighted by molar-refractivity contribution is 7.89. The van der Waals surface area contributed by atoms with E-state index in [0.717, 1.165) is 25.7 Å². The normalized spacial score (nSPS) is 16.3. The minimum absolute atomic E-state index is 0.161. The van der Waals surface area contributed by atoms with Crippen LogP contribution in [0.3, 0.4) is 0 Å². The van der Waals surface area contributed by atoms with Crippen molar-refractivity contribution >= 4 is 21.6 Å². The van der Waals surface area contributed by atoms with Crippen molar-refractivity contribution in [3.8, 4) is 0 Å². The van der Waals surface area contributed by atoms with Crippen molar-refractivity contribution < 1.29 is 13.2 Å². The van der Waals surface area contributed by atoms with Gasteiger partial charge in [-0.15, -0.1) is 0 Å². The second-order valence-electron chi connectivity index (χ2n) is 6.13. The number of rotatable bonds is 5. The number of aromatic nitrogens is 2. The van der Waals surface area contributed by atoms with Gasteiger partial charge in [-0.05, 0) is 37.1 Å². The van der Waals surface area contributed by atoms with Crippen molar-refractivity contribution in [2.75, 3.05) is 18.4 Å². The maximum atomic E-state index is 12.7. The number of nitrogens with one attached hydrogen (secondary N) is 1. The average molecular weight is 362 g/mol. The summed E-state index contributed by atoms with van der Waals surface area (Å²) in [6.45, 7) is 1.31. The first-order valence-corrected chi connectivity index (χ1v) is 9.85. The topological polar surface area (TPSA) is 84.3 Å². The summed E-state index contributed by atoms with van der Waals surface area (Å²) in [6.07, 6.45) is 8.84. The van der Waals surface area contributed by atoms with E-state index in [1.54, 1.807) is 51.9 Å². The van der Waals surface area contributed by atoms with Crippen LogP contribution in [0.25, 0.3) is 0 Å². The van der Waals surface area contributed by atoms with Crippen LogP contribution < -0.4 is 5.32 Å². The van der Waals surface area contributed by atoms with Gasteiger partial charge in [0.15, 0.2) is 0 Å². The summed E-state index contributed by atoms with van der Waals surface area (Å²) >= 11 is 0. The Morgan fingerprint density at radius 1 is 1.08 bits per heavy atom. The Bertz CT molecular complexity index is 793. The molecule has 1 amide bonds. The predicted octanol–water partition coefficient (Wildman–Crippen LogP) is 2.09. The number of imidazole rings is 1. The Morgan fingerprint density at radius 3 is 2.36 bits per heavy atom. The molecule has 1 aliphatic heterocycles. The van der Waals surface area contributed by atoms with Crippen LogP contribution in [0.1, 0.15) is 25.7 Å². The molecule has 0 saturated carbocycles. The monoisotopic (exact) mass is 362 g/mol. The number of hydrogen-bond donors (Lipinski definition) is 1. The van der Waals surface area contributed by atoms with E-state index in [4.69, 9.17) is 0 Å². The summed E-state index contributed by atoms with van der Waals surface area (Å²) in [5.74, 6) is -0.193. The lowest BCUT2D eigenvalue weighted by molar-refractivity contribution is -0.116. The van der Waals surface area contributed by atoms with Crippen LogP contribution in [0, 0.1) is 0 Å². The van der Waals surface area contributed by atoms with E-state index in [1.807, 2.05) is 0 Å². The lowest BCUT2D eigenvalue weighted by Crippen LogP contribution is -2.31. The van der Waals surface area contributed by atoms with E-state index in [0.29, 0.717) is 18.8 Å². The Hall–Kier alpha value is -2.19. The standard InChI is InChI=1S/C17H22N4O3S/c22-17(13-20-12-9-18-14-20)19-15-5-7-16(8-6-15)25(23,24)21-10-3-1-2-4-11-21/h5-9,12,14H,1-4,10-11,13H2,(H,19,22). The first-order valence-electron chi connectivity index (χ1n) is 8.41. The molecule has 0 aliphatic carbocycles. The largest absolute Gasteiger partial charge is 0.328 e. The number of nitrogens with zero attached hydrogens (tertiary/aromatic N) is 3. The van der Waals surface area contributed by atoms with E-state index in [9.17, 15) is 13.2 Å². The molecule has 1 fully saturated rings. The van der Waals surface area contributed by atoms with Crippen molar-refractivity contribution in [2.45, 2.75) is 37.1 Å². The van der Waals surface area contributed by atoms with Crippen LogP contribution in [-0.2, 0) is 21.4 Å². The van der Waals surface area contributed by atoms with Gasteiger partial charge in [0.25, 0.3) is 0 Å². The molecule has 0 bridgehead atoms. The second-order valence-corrected chi connectivity index (χ2v) is 8.06. The molecule has 1 saturated heterocycles. The molecular formula is C17H22N4O3S. The Kier molecular flexibility index (Phi) is 5.50. The summed E-state index contributed by atoms with van der Waals surface area (Å²) < 4.78 is 28.6. The van der Waals surface area contributed by atoms with Gasteiger partial charge >= 0.3 is 0 Å². The van der Waals surface area contributed by atoms with E-state index in [1.165, 1.54) is 0 Å². The number of anilines is 1. The van der Waals surface area contributed by atoms with Gasteiger partial charge in [-0.3, -0.25) is 4.79 Å². The van der Waals surface area contributed by atoms with Gasteiger partial charge in [-0.25, -0.2) is 13.4 Å². The molecule has 1 N–H and O–H groups in total. The number of amides is 1. The van der Waals surface area contributed by atoms with Crippen molar-refractivity contribution in [1.29, 1.82) is 0 Å². The third kappa shape index (κ3) is 4.46. The van der Waals surface area contributed by atoms with E-state index < -0.39 is 10.0 Å². The summed E-state index contributed by atoms with van der Waals surface area (Å²) in [7, 11) is -3.46. The minimum atomic E-state index is -3.46. The Labute approximate surface area is 147 Å². The highest BCUT2D eigenvalue weighted by atomic mass is 32.2. The van der Waals surface area contributed by atoms with Gasteiger partial charge in [0, 0.05) is 31.2 Å². The number of carbonyl (C=O) groups excluding carboxylic acids is 1. The fourth-order valence-corrected chi connectivity index (χ4v) is 4.41. The highest BCUT2D eigenvalue weighted by Gasteiger charge is 2.24. The van der Waals surface area contributed by atoms with Crippen molar-refractivity contribution in [2.24, 2.45) is 0 Å². The summed E-state index contributed by atoms with van der Waals surface area (Å²) in [6, 6.07) is 6.34. The molecule has 0 unspecified atom stereocenters. The minimum Gasteiger partial charge on any atom is -0.328 e. The zero-order valence-electron chi connectivity index (χ0n) is 14.0. The smallest absolute Gasteiger partial charge is 0.244 e. The van der Waals surface area contributed by atoms with Gasteiger partial charge in [0.2, 0.25) is 15.9 Å². The first-order chi connectivity index (χ1) is 12.1. The van der Waals surface area contributed by atoms with Crippen molar-refractivity contribution in [3.63, 3.8) is 0 Å². The third-order valence-electron chi connectivity index (χ3n) is 4.23. The van der Waals surface area contributed by atoms with Gasteiger partial charge in [0.05, 0.1) is 11.2 Å². The number of hydrogen-bond acceptors (Lipinski definition) is 4. The predicted molar refractivity (Wildman–Crippen MR) is 94.5 cm³/mol. The van der Waals surface area contributed by atoms with Gasteiger partial charge in [-0.1, -0.05) is 12.8 Å². The third-order valence-corrected chi connectivity index (χ3v) is 6.14. The summed E-state index contributed by atoms with van der Waals surface area (Å²) in [5, 5.41) is 2.75. The molecule has 7 nitrogen and oxygen atoms in total. The van der Waals surface area contributed by atoms with Gasteiger partial charge in [0.1, 0.15) is 6.54 Å². The van der Waals surface area contributed by atoms with Crippen molar-refractivity contribution in [3.05, 3.63) is 43.0 Å². The van der Waals surface area contributed by atoms with Crippen LogP contribution in [0.5, 0.6) is 0 Å². The summed E-state index contributed by atoms with van der Waals surface area (Å²) in [5.41, 5.74) is 0.569. The fraction of sp³-hybridized carbons (Fsp3) is 0.412. The SMILES string of the molecule is O=C(Cn1ccnc1)Nc1ccc(S(=O)(=O)N2CCCCCC2)cc1. The fourth-order valence-electron chi connectivity index (χ4n) is 2.89. The molecule has 3 rings (SSSR count). The van der Waals surface area contributed by atoms with Crippen LogP contribution in [0.15, 0.2) is 47.9 Å². The maximum absolute atomic E-state index is 12.7. The molecule has 1 aromatic carbocycles.